The second-order valence-corrected chi connectivity index (χ2v) is 7.26. The van der Waals surface area contributed by atoms with Crippen LogP contribution in [0.2, 0.25) is 0 Å². The minimum Gasteiger partial charge on any atom is -0.306 e. The van der Waals surface area contributed by atoms with Gasteiger partial charge in [0.15, 0.2) is 0 Å². The smallest absolute Gasteiger partial charge is 0.306 e. The van der Waals surface area contributed by atoms with Gasteiger partial charge in [-0.15, -0.1) is 0 Å². The van der Waals surface area contributed by atoms with E-state index in [4.69, 9.17) is 0 Å². The van der Waals surface area contributed by atoms with Crippen LogP contribution in [0.1, 0.15) is 22.4 Å². The molecule has 10 heteroatoms. The van der Waals surface area contributed by atoms with Gasteiger partial charge in [0, 0.05) is 43.2 Å². The maximum absolute atomic E-state index is 12.8. The van der Waals surface area contributed by atoms with E-state index in [1.54, 1.807) is 18.2 Å². The van der Waals surface area contributed by atoms with Crippen molar-refractivity contribution in [3.63, 3.8) is 0 Å². The molecule has 0 bridgehead atoms. The number of para-hydroxylation sites is 1. The molecule has 1 aliphatic heterocycles. The Bertz CT molecular complexity index is 1190. The van der Waals surface area contributed by atoms with Gasteiger partial charge >= 0.3 is 6.18 Å². The lowest BCUT2D eigenvalue weighted by atomic mass is 10.0. The molecule has 0 spiro atoms. The molecule has 0 saturated heterocycles. The van der Waals surface area contributed by atoms with E-state index >= 15 is 0 Å². The molecule has 0 amide bonds. The highest BCUT2D eigenvalue weighted by molar-refractivity contribution is 5.56. The third-order valence-electron chi connectivity index (χ3n) is 5.22. The number of fused-ring (bicyclic) bond motifs is 1. The largest absolute Gasteiger partial charge is 0.416 e. The van der Waals surface area contributed by atoms with Crippen molar-refractivity contribution in [2.24, 2.45) is 0 Å². The summed E-state index contributed by atoms with van der Waals surface area (Å²) in [6.45, 7) is 1.13. The Morgan fingerprint density at radius 2 is 1.84 bits per heavy atom. The maximum atomic E-state index is 12.8. The van der Waals surface area contributed by atoms with Gasteiger partial charge in [-0.3, -0.25) is 19.8 Å². The summed E-state index contributed by atoms with van der Waals surface area (Å²) in [7, 11) is 0. The van der Waals surface area contributed by atoms with Crippen molar-refractivity contribution in [1.29, 1.82) is 0 Å². The molecule has 0 saturated carbocycles. The Balaban J connectivity index is 1.57. The zero-order valence-electron chi connectivity index (χ0n) is 16.1. The number of nitro groups is 1. The number of nitro benzene ring substituents is 1. The monoisotopic (exact) mass is 430 g/mol. The highest BCUT2D eigenvalue weighted by atomic mass is 19.4. The van der Waals surface area contributed by atoms with E-state index in [1.165, 1.54) is 18.2 Å². The summed E-state index contributed by atoms with van der Waals surface area (Å²) in [6, 6.07) is 10.9. The Morgan fingerprint density at radius 1 is 1.13 bits per heavy atom. The number of nitrogens with one attached hydrogen (secondary N) is 1. The van der Waals surface area contributed by atoms with Crippen molar-refractivity contribution in [3.05, 3.63) is 91.4 Å². The quantitative estimate of drug-likeness (QED) is 0.500. The molecule has 31 heavy (non-hydrogen) atoms. The zero-order valence-corrected chi connectivity index (χ0v) is 16.1. The molecular formula is C21H17F3N4O3. The molecule has 3 aromatic rings. The van der Waals surface area contributed by atoms with Crippen molar-refractivity contribution in [2.75, 3.05) is 6.54 Å². The number of rotatable bonds is 4. The number of aromatic nitrogens is 2. The average Bonchev–Trinajstić information content (AvgIpc) is 2.74. The minimum atomic E-state index is -4.44. The predicted octanol–water partition coefficient (Wildman–Crippen LogP) is 3.92. The van der Waals surface area contributed by atoms with Crippen LogP contribution in [-0.4, -0.2) is 26.3 Å². The van der Waals surface area contributed by atoms with Gasteiger partial charge in [-0.2, -0.15) is 13.2 Å². The summed E-state index contributed by atoms with van der Waals surface area (Å²) in [5.41, 5.74) is 0.863. The number of hydrogen-bond donors (Lipinski definition) is 1. The van der Waals surface area contributed by atoms with Gasteiger partial charge in [-0.1, -0.05) is 30.3 Å². The molecule has 0 fully saturated rings. The molecule has 160 valence electrons. The average molecular weight is 430 g/mol. The van der Waals surface area contributed by atoms with E-state index in [0.29, 0.717) is 41.9 Å². The van der Waals surface area contributed by atoms with E-state index in [9.17, 15) is 28.1 Å². The SMILES string of the molecule is O=c1[nH]c(-c2ccc(C(F)(F)F)cc2)nc2c1CN(Cc1ccccc1[N+](=O)[O-])CC2. The Hall–Kier alpha value is -3.53. The summed E-state index contributed by atoms with van der Waals surface area (Å²) in [4.78, 5) is 32.5. The standard InChI is InChI=1S/C21H17F3N4O3/c22-21(23,24)15-7-5-13(6-8-15)19-25-17-9-10-27(12-16(17)20(29)26-19)11-14-3-1-2-4-18(14)28(30)31/h1-8H,9-12H2,(H,25,26,29). The van der Waals surface area contributed by atoms with Gasteiger partial charge in [0.2, 0.25) is 0 Å². The topological polar surface area (TPSA) is 92.1 Å². The van der Waals surface area contributed by atoms with Crippen LogP contribution in [0.15, 0.2) is 53.3 Å². The second kappa shape index (κ2) is 7.95. The fraction of sp³-hybridized carbons (Fsp3) is 0.238. The first-order valence-corrected chi connectivity index (χ1v) is 9.47. The first kappa shape index (κ1) is 20.7. The van der Waals surface area contributed by atoms with Crippen LogP contribution in [0, 0.1) is 10.1 Å². The normalized spacial score (nSPS) is 14.3. The lowest BCUT2D eigenvalue weighted by Crippen LogP contribution is -2.35. The van der Waals surface area contributed by atoms with Crippen molar-refractivity contribution in [1.82, 2.24) is 14.9 Å². The maximum Gasteiger partial charge on any atom is 0.416 e. The van der Waals surface area contributed by atoms with Gasteiger partial charge in [0.1, 0.15) is 5.82 Å². The van der Waals surface area contributed by atoms with Crippen molar-refractivity contribution in [2.45, 2.75) is 25.7 Å². The van der Waals surface area contributed by atoms with Crippen LogP contribution in [0.25, 0.3) is 11.4 Å². The number of aromatic amines is 1. The molecule has 0 radical (unpaired) electrons. The van der Waals surface area contributed by atoms with Gasteiger partial charge in [0.25, 0.3) is 11.2 Å². The zero-order chi connectivity index (χ0) is 22.2. The second-order valence-electron chi connectivity index (χ2n) is 7.26. The number of alkyl halides is 3. The highest BCUT2D eigenvalue weighted by Gasteiger charge is 2.30. The molecule has 1 N–H and O–H groups in total. The summed E-state index contributed by atoms with van der Waals surface area (Å²) in [5, 5.41) is 11.2. The third kappa shape index (κ3) is 4.33. The van der Waals surface area contributed by atoms with Crippen LogP contribution < -0.4 is 5.56 Å². The van der Waals surface area contributed by atoms with Crippen molar-refractivity contribution >= 4 is 5.69 Å². The van der Waals surface area contributed by atoms with Crippen LogP contribution in [0.5, 0.6) is 0 Å². The summed E-state index contributed by atoms with van der Waals surface area (Å²) < 4.78 is 38.3. The minimum absolute atomic E-state index is 0.0259. The van der Waals surface area contributed by atoms with Crippen molar-refractivity contribution in [3.8, 4) is 11.4 Å². The summed E-state index contributed by atoms with van der Waals surface area (Å²) in [5.74, 6) is 0.213. The van der Waals surface area contributed by atoms with E-state index in [-0.39, 0.29) is 23.6 Å². The van der Waals surface area contributed by atoms with Crippen LogP contribution in [0.3, 0.4) is 0 Å². The predicted molar refractivity (Wildman–Crippen MR) is 106 cm³/mol. The Kier molecular flexibility index (Phi) is 5.32. The number of hydrogen-bond acceptors (Lipinski definition) is 5. The van der Waals surface area contributed by atoms with Gasteiger partial charge in [-0.05, 0) is 12.1 Å². The molecule has 0 atom stereocenters. The van der Waals surface area contributed by atoms with Crippen LogP contribution in [0.4, 0.5) is 18.9 Å². The first-order chi connectivity index (χ1) is 14.7. The van der Waals surface area contributed by atoms with Gasteiger partial charge in [0.05, 0.1) is 21.7 Å². The van der Waals surface area contributed by atoms with Crippen LogP contribution >= 0.6 is 0 Å². The van der Waals surface area contributed by atoms with E-state index in [2.05, 4.69) is 9.97 Å². The number of halogens is 3. The molecule has 7 nitrogen and oxygen atoms in total. The molecular weight excluding hydrogens is 413 g/mol. The highest BCUT2D eigenvalue weighted by Crippen LogP contribution is 2.30. The number of H-pyrrole nitrogens is 1. The molecule has 0 aliphatic carbocycles. The van der Waals surface area contributed by atoms with E-state index in [1.807, 2.05) is 4.90 Å². The molecule has 1 aliphatic rings. The molecule has 0 unspecified atom stereocenters. The number of benzene rings is 2. The van der Waals surface area contributed by atoms with E-state index < -0.39 is 16.7 Å². The lowest BCUT2D eigenvalue weighted by molar-refractivity contribution is -0.385. The van der Waals surface area contributed by atoms with Crippen LogP contribution in [-0.2, 0) is 25.7 Å². The summed E-state index contributed by atoms with van der Waals surface area (Å²) in [6.07, 6.45) is -3.99. The van der Waals surface area contributed by atoms with E-state index in [0.717, 1.165) is 12.1 Å². The Morgan fingerprint density at radius 3 is 2.52 bits per heavy atom. The van der Waals surface area contributed by atoms with Crippen molar-refractivity contribution < 1.29 is 18.1 Å². The first-order valence-electron chi connectivity index (χ1n) is 9.47. The van der Waals surface area contributed by atoms with Gasteiger partial charge in [-0.25, -0.2) is 4.98 Å². The third-order valence-corrected chi connectivity index (χ3v) is 5.22. The molecule has 2 heterocycles. The number of nitrogens with zero attached hydrogens (tertiary/aromatic N) is 3. The molecule has 2 aromatic carbocycles. The summed E-state index contributed by atoms with van der Waals surface area (Å²) >= 11 is 0. The lowest BCUT2D eigenvalue weighted by Gasteiger charge is -2.27. The Labute approximate surface area is 174 Å². The molecule has 1 aromatic heterocycles. The van der Waals surface area contributed by atoms with Gasteiger partial charge < -0.3 is 4.98 Å². The molecule has 4 rings (SSSR count). The fourth-order valence-corrected chi connectivity index (χ4v) is 3.63. The fourth-order valence-electron chi connectivity index (χ4n) is 3.63.